The van der Waals surface area contributed by atoms with Gasteiger partial charge in [-0.25, -0.2) is 9.97 Å². The molecule has 0 fully saturated rings. The van der Waals surface area contributed by atoms with E-state index in [2.05, 4.69) is 483 Å². The van der Waals surface area contributed by atoms with Crippen LogP contribution in [0.25, 0.3) is 0 Å². The third-order valence-electron chi connectivity index (χ3n) is 23.0. The Morgan fingerprint density at radius 2 is 0.478 bits per heavy atom. The highest BCUT2D eigenvalue weighted by molar-refractivity contribution is 5.90. The maximum atomic E-state index is 4.66. The number of benzene rings is 11. The van der Waals surface area contributed by atoms with Gasteiger partial charge in [-0.05, 0) is 238 Å². The molecule has 115 heavy (non-hydrogen) atoms. The van der Waals surface area contributed by atoms with E-state index >= 15 is 0 Å². The molecular weight excluding hydrogens is 1410 g/mol. The second-order valence-corrected chi connectivity index (χ2v) is 30.1. The molecule has 11 aromatic carbocycles. The minimum absolute atomic E-state index is 0.170. The molecule has 0 radical (unpaired) electrons. The van der Waals surface area contributed by atoms with Crippen molar-refractivity contribution >= 4 is 96.9 Å². The summed E-state index contributed by atoms with van der Waals surface area (Å²) in [5.41, 5.74) is 26.4. The zero-order valence-corrected chi connectivity index (χ0v) is 69.1. The Hall–Kier alpha value is -13.2. The molecule has 13 aromatic rings. The minimum Gasteiger partial charge on any atom is -0.359 e. The Labute approximate surface area is 682 Å². The van der Waals surface area contributed by atoms with Gasteiger partial charge in [0.25, 0.3) is 0 Å². The van der Waals surface area contributed by atoms with E-state index in [1.54, 1.807) is 0 Å². The monoisotopic (exact) mass is 1520 g/mol. The van der Waals surface area contributed by atoms with Crippen molar-refractivity contribution in [1.29, 1.82) is 0 Å². The van der Waals surface area contributed by atoms with Crippen LogP contribution in [0, 0.1) is 41.5 Å². The molecule has 6 atom stereocenters. The van der Waals surface area contributed by atoms with Gasteiger partial charge in [0, 0.05) is 110 Å². The first-order chi connectivity index (χ1) is 55.9. The van der Waals surface area contributed by atoms with Gasteiger partial charge < -0.3 is 58.8 Å². The van der Waals surface area contributed by atoms with Crippen molar-refractivity contribution in [3.05, 3.63) is 380 Å². The van der Waals surface area contributed by atoms with E-state index in [4.69, 9.17) is 0 Å². The Balaban J connectivity index is 0.000000115. The van der Waals surface area contributed by atoms with E-state index in [0.717, 1.165) is 23.0 Å². The Morgan fingerprint density at radius 3 is 0.904 bits per heavy atom. The van der Waals surface area contributed by atoms with Crippen LogP contribution >= 0.6 is 0 Å². The summed E-state index contributed by atoms with van der Waals surface area (Å²) in [6.45, 7) is 26.3. The van der Waals surface area contributed by atoms with E-state index in [1.165, 1.54) is 107 Å². The first-order valence-corrected chi connectivity index (χ1v) is 40.1. The fraction of sp³-hybridized carbons (Fsp3) is 0.208. The van der Waals surface area contributed by atoms with Crippen LogP contribution in [0.3, 0.4) is 0 Å². The summed E-state index contributed by atoms with van der Waals surface area (Å²) >= 11 is 0. The predicted octanol–water partition coefficient (Wildman–Crippen LogP) is 24.6. The predicted molar refractivity (Wildman–Crippen MR) is 488 cm³/mol. The van der Waals surface area contributed by atoms with Crippen molar-refractivity contribution < 1.29 is 0 Å². The van der Waals surface area contributed by atoms with Crippen LogP contribution in [0.15, 0.2) is 347 Å². The largest absolute Gasteiger partial charge is 0.359 e. The van der Waals surface area contributed by atoms with Gasteiger partial charge in [0.2, 0.25) is 0 Å². The molecule has 19 rings (SSSR count). The molecule has 6 aliphatic rings. The van der Waals surface area contributed by atoms with Crippen LogP contribution in [0.4, 0.5) is 96.9 Å². The number of anilines is 17. The number of aromatic nitrogens is 2. The second-order valence-electron chi connectivity index (χ2n) is 30.1. The standard InChI is InChI=1S/C21H20N2.C20H19N3.C17H18N2.C16H18N2.C15H17N3.C12H16N2/c1-16-10-6-7-13-19(16)23-17(2)22(18-11-4-3-5-12-18)20-14-8-9-15-21(20)23;1-15-9-6-7-12-18(15)23-16(2)22(17-10-4-3-5-11-17)20-19(23)13-8-14-21-20;1-14-8-6-7-11-17(14)19-13-12-18(15(19)2)16-9-4-3-5-10-16;1-12-8-4-5-9-14(12)18-13(2)17(3)15-10-6-7-11-16(15)18;1-11-7-4-5-8-13(11)18-12(2)17(3)15-14(18)9-6-10-16-15;1-10-6-4-5-7-12(10)14-9-8-13(3)11(14)2/h3-15,17H,1-2H3;3-14,16H,1-2H3;3-13,15H,1-2H3;4-11,13H,1-3H3;4-10,12H,1-3H3;4-9,11H,1-3H3/t17-;16-;15-;13-;12-;11-/m000000/s1. The van der Waals surface area contributed by atoms with E-state index in [1.807, 2.05) is 36.7 Å². The highest BCUT2D eigenvalue weighted by Gasteiger charge is 2.39. The zero-order chi connectivity index (χ0) is 80.4. The lowest BCUT2D eigenvalue weighted by atomic mass is 10.1. The van der Waals surface area contributed by atoms with Gasteiger partial charge in [0.05, 0.1) is 34.1 Å². The zero-order valence-electron chi connectivity index (χ0n) is 69.1. The molecule has 0 aliphatic carbocycles. The molecular formula is C101H108N14. The molecule has 2 aromatic heterocycles. The lowest BCUT2D eigenvalue weighted by molar-refractivity contribution is 0.383. The number of hydrogen-bond donors (Lipinski definition) is 0. The van der Waals surface area contributed by atoms with Crippen LogP contribution < -0.4 is 53.9 Å². The molecule has 0 amide bonds. The molecule has 14 nitrogen and oxygen atoms in total. The first-order valence-electron chi connectivity index (χ1n) is 40.1. The Bertz CT molecular complexity index is 5230. The van der Waals surface area contributed by atoms with Crippen LogP contribution in [0.5, 0.6) is 0 Å². The highest BCUT2D eigenvalue weighted by atomic mass is 15.5. The van der Waals surface area contributed by atoms with Crippen molar-refractivity contribution in [2.75, 3.05) is 75.0 Å². The number of hydrogen-bond acceptors (Lipinski definition) is 14. The molecule has 0 saturated carbocycles. The summed E-state index contributed by atoms with van der Waals surface area (Å²) in [5, 5.41) is 0. The van der Waals surface area contributed by atoms with Crippen LogP contribution in [-0.2, 0) is 0 Å². The average molecular weight is 1520 g/mol. The van der Waals surface area contributed by atoms with Crippen molar-refractivity contribution in [3.8, 4) is 0 Å². The number of pyridine rings is 2. The molecule has 0 saturated heterocycles. The smallest absolute Gasteiger partial charge is 0.158 e. The van der Waals surface area contributed by atoms with Gasteiger partial charge in [-0.2, -0.15) is 0 Å². The molecule has 582 valence electrons. The van der Waals surface area contributed by atoms with E-state index in [9.17, 15) is 0 Å². The van der Waals surface area contributed by atoms with E-state index in [0.29, 0.717) is 18.5 Å². The third kappa shape index (κ3) is 16.2. The number of para-hydroxylation sites is 13. The molecule has 6 aliphatic heterocycles. The summed E-state index contributed by atoms with van der Waals surface area (Å²) < 4.78 is 0. The summed E-state index contributed by atoms with van der Waals surface area (Å²) in [7, 11) is 6.34. The summed E-state index contributed by atoms with van der Waals surface area (Å²) in [6, 6.07) is 108. The first kappa shape index (κ1) is 78.5. The number of fused-ring (bicyclic) bond motifs is 4. The van der Waals surface area contributed by atoms with E-state index < -0.39 is 0 Å². The van der Waals surface area contributed by atoms with Crippen molar-refractivity contribution in [2.45, 2.75) is 120 Å². The van der Waals surface area contributed by atoms with Gasteiger partial charge in [0.1, 0.15) is 37.0 Å². The van der Waals surface area contributed by atoms with Crippen LogP contribution in [0.1, 0.15) is 74.9 Å². The Kier molecular flexibility index (Phi) is 24.0. The molecule has 0 spiro atoms. The normalized spacial score (nSPS) is 17.8. The highest BCUT2D eigenvalue weighted by Crippen LogP contribution is 2.51. The van der Waals surface area contributed by atoms with Gasteiger partial charge in [-0.15, -0.1) is 0 Å². The maximum absolute atomic E-state index is 4.66. The van der Waals surface area contributed by atoms with Crippen LogP contribution in [0.2, 0.25) is 0 Å². The second kappa shape index (κ2) is 35.2. The third-order valence-corrected chi connectivity index (χ3v) is 23.0. The average Bonchev–Trinajstić information content (AvgIpc) is 1.61. The quantitative estimate of drug-likeness (QED) is 0.138. The summed E-state index contributed by atoms with van der Waals surface area (Å²) in [6.07, 6.45) is 14.0. The van der Waals surface area contributed by atoms with Crippen LogP contribution in [-0.4, -0.2) is 73.0 Å². The topological polar surface area (TPSA) is 64.7 Å². The summed E-state index contributed by atoms with van der Waals surface area (Å²) in [4.78, 5) is 37.0. The van der Waals surface area contributed by atoms with Gasteiger partial charge in [-0.1, -0.05) is 188 Å². The van der Waals surface area contributed by atoms with Gasteiger partial charge >= 0.3 is 0 Å². The molecule has 14 heteroatoms. The number of aryl methyl sites for hydroxylation is 6. The fourth-order valence-electron chi connectivity index (χ4n) is 16.4. The fourth-order valence-corrected chi connectivity index (χ4v) is 16.4. The van der Waals surface area contributed by atoms with Crippen molar-refractivity contribution in [3.63, 3.8) is 0 Å². The van der Waals surface area contributed by atoms with Crippen molar-refractivity contribution in [2.24, 2.45) is 0 Å². The lowest BCUT2D eigenvalue weighted by Gasteiger charge is -2.31. The Morgan fingerprint density at radius 1 is 0.200 bits per heavy atom. The maximum Gasteiger partial charge on any atom is 0.158 e. The summed E-state index contributed by atoms with van der Waals surface area (Å²) in [5.74, 6) is 2.06. The van der Waals surface area contributed by atoms with Gasteiger partial charge in [0.15, 0.2) is 11.6 Å². The number of nitrogens with zero attached hydrogens (tertiary/aromatic N) is 14. The molecule has 0 N–H and O–H groups in total. The van der Waals surface area contributed by atoms with E-state index in [-0.39, 0.29) is 18.5 Å². The molecule has 0 bridgehead atoms. The molecule has 8 heterocycles. The van der Waals surface area contributed by atoms with Gasteiger partial charge in [-0.3, -0.25) is 0 Å². The minimum atomic E-state index is 0.170. The lowest BCUT2D eigenvalue weighted by Crippen LogP contribution is -2.36. The number of rotatable bonds is 9. The molecule has 0 unspecified atom stereocenters. The van der Waals surface area contributed by atoms with Crippen molar-refractivity contribution in [1.82, 2.24) is 14.9 Å². The SMILES string of the molecule is Cc1ccccc1N1C=CN(C)[C@@H]1C.Cc1ccccc1N1C=CN(c2ccccc2)[C@@H]1C.Cc1ccccc1N1c2ccccc2N(C)[C@@H]1C.Cc1ccccc1N1c2ccccc2N(c2ccccc2)[C@@H]1C.Cc1ccccc1N1c2cccnc2N(C)[C@@H]1C.Cc1ccccc1N1c2cccnc2N(c2ccccc2)[C@@H]1C.